The summed E-state index contributed by atoms with van der Waals surface area (Å²) in [5.41, 5.74) is 4.96. The molecule has 0 bridgehead atoms. The summed E-state index contributed by atoms with van der Waals surface area (Å²) >= 11 is 0. The van der Waals surface area contributed by atoms with E-state index in [9.17, 15) is 22.4 Å². The van der Waals surface area contributed by atoms with Crippen molar-refractivity contribution in [1.29, 1.82) is 0 Å². The third-order valence-corrected chi connectivity index (χ3v) is 3.80. The monoisotopic (exact) mass is 304 g/mol. The van der Waals surface area contributed by atoms with Gasteiger partial charge in [-0.1, -0.05) is 18.9 Å². The molecule has 1 aliphatic rings. The van der Waals surface area contributed by atoms with Crippen molar-refractivity contribution in [3.05, 3.63) is 29.6 Å². The SMILES string of the molecule is Nc1c(F)cccc1C(=O)NC1CCCCC1C(F)(F)F. The highest BCUT2D eigenvalue weighted by Crippen LogP contribution is 2.37. The Labute approximate surface area is 119 Å². The number of para-hydroxylation sites is 1. The number of alkyl halides is 3. The Morgan fingerprint density at radius 2 is 1.90 bits per heavy atom. The maximum absolute atomic E-state index is 13.3. The molecular weight excluding hydrogens is 288 g/mol. The van der Waals surface area contributed by atoms with Crippen LogP contribution in [-0.4, -0.2) is 18.1 Å². The number of nitrogen functional groups attached to an aromatic ring is 1. The smallest absolute Gasteiger partial charge is 0.393 e. The maximum Gasteiger partial charge on any atom is 0.393 e. The second kappa shape index (κ2) is 5.91. The molecule has 116 valence electrons. The highest BCUT2D eigenvalue weighted by Gasteiger charge is 2.46. The molecular formula is C14H16F4N2O. The van der Waals surface area contributed by atoms with Crippen LogP contribution in [0.5, 0.6) is 0 Å². The van der Waals surface area contributed by atoms with Gasteiger partial charge in [0.2, 0.25) is 0 Å². The van der Waals surface area contributed by atoms with Gasteiger partial charge in [-0.15, -0.1) is 0 Å². The van der Waals surface area contributed by atoms with Crippen molar-refractivity contribution in [2.75, 3.05) is 5.73 Å². The molecule has 0 spiro atoms. The molecule has 1 amide bonds. The van der Waals surface area contributed by atoms with Crippen LogP contribution in [0.3, 0.4) is 0 Å². The third kappa shape index (κ3) is 3.46. The van der Waals surface area contributed by atoms with Crippen molar-refractivity contribution < 1.29 is 22.4 Å². The number of amides is 1. The van der Waals surface area contributed by atoms with Gasteiger partial charge in [0.05, 0.1) is 17.2 Å². The Morgan fingerprint density at radius 3 is 2.57 bits per heavy atom. The molecule has 21 heavy (non-hydrogen) atoms. The molecule has 0 aliphatic heterocycles. The molecule has 1 aromatic rings. The van der Waals surface area contributed by atoms with Crippen molar-refractivity contribution in [2.45, 2.75) is 37.9 Å². The maximum atomic E-state index is 13.3. The molecule has 1 saturated carbocycles. The summed E-state index contributed by atoms with van der Waals surface area (Å²) in [6.45, 7) is 0. The molecule has 1 aliphatic carbocycles. The molecule has 2 atom stereocenters. The first-order valence-corrected chi connectivity index (χ1v) is 6.72. The molecule has 0 aromatic heterocycles. The topological polar surface area (TPSA) is 55.1 Å². The summed E-state index contributed by atoms with van der Waals surface area (Å²) in [6, 6.07) is 2.68. The summed E-state index contributed by atoms with van der Waals surface area (Å²) < 4.78 is 52.2. The van der Waals surface area contributed by atoms with Crippen molar-refractivity contribution in [3.63, 3.8) is 0 Å². The van der Waals surface area contributed by atoms with E-state index in [0.717, 1.165) is 6.07 Å². The Balaban J connectivity index is 2.15. The highest BCUT2D eigenvalue weighted by molar-refractivity contribution is 5.99. The fraction of sp³-hybridized carbons (Fsp3) is 0.500. The van der Waals surface area contributed by atoms with Crippen molar-refractivity contribution >= 4 is 11.6 Å². The van der Waals surface area contributed by atoms with Crippen LogP contribution in [0.1, 0.15) is 36.0 Å². The Hall–Kier alpha value is -1.79. The summed E-state index contributed by atoms with van der Waals surface area (Å²) in [5, 5.41) is 2.35. The van der Waals surface area contributed by atoms with Gasteiger partial charge in [-0.25, -0.2) is 4.39 Å². The molecule has 0 saturated heterocycles. The zero-order chi connectivity index (χ0) is 15.6. The van der Waals surface area contributed by atoms with E-state index in [1.165, 1.54) is 12.1 Å². The second-order valence-electron chi connectivity index (χ2n) is 5.21. The lowest BCUT2D eigenvalue weighted by atomic mass is 9.84. The van der Waals surface area contributed by atoms with Crippen LogP contribution in [0.4, 0.5) is 23.2 Å². The molecule has 3 N–H and O–H groups in total. The summed E-state index contributed by atoms with van der Waals surface area (Å²) in [6.07, 6.45) is -3.00. The minimum absolute atomic E-state index is 0.00687. The van der Waals surface area contributed by atoms with Gasteiger partial charge < -0.3 is 11.1 Å². The quantitative estimate of drug-likeness (QED) is 0.651. The largest absolute Gasteiger partial charge is 0.396 e. The number of carbonyl (C=O) groups excluding carboxylic acids is 1. The average Bonchev–Trinajstić information content (AvgIpc) is 2.41. The van der Waals surface area contributed by atoms with Crippen LogP contribution in [0, 0.1) is 11.7 Å². The standard InChI is InChI=1S/C14H16F4N2O/c15-10-6-3-4-8(12(10)19)13(21)20-11-7-2-1-5-9(11)14(16,17)18/h3-4,6,9,11H,1-2,5,7,19H2,(H,20,21). The summed E-state index contributed by atoms with van der Waals surface area (Å²) in [4.78, 5) is 12.0. The zero-order valence-corrected chi connectivity index (χ0v) is 11.2. The van der Waals surface area contributed by atoms with Crippen LogP contribution in [0.25, 0.3) is 0 Å². The first-order valence-electron chi connectivity index (χ1n) is 6.72. The van der Waals surface area contributed by atoms with Crippen molar-refractivity contribution in [1.82, 2.24) is 5.32 Å². The Bertz CT molecular complexity index is 530. The van der Waals surface area contributed by atoms with Gasteiger partial charge in [0.25, 0.3) is 5.91 Å². The summed E-state index contributed by atoms with van der Waals surface area (Å²) in [7, 11) is 0. The van der Waals surface area contributed by atoms with E-state index < -0.39 is 29.9 Å². The molecule has 0 radical (unpaired) electrons. The lowest BCUT2D eigenvalue weighted by Crippen LogP contribution is -2.47. The van der Waals surface area contributed by atoms with E-state index in [1.807, 2.05) is 0 Å². The normalized spacial score (nSPS) is 22.9. The van der Waals surface area contributed by atoms with Gasteiger partial charge >= 0.3 is 6.18 Å². The van der Waals surface area contributed by atoms with Crippen LogP contribution in [0.15, 0.2) is 18.2 Å². The number of nitrogens with two attached hydrogens (primary N) is 1. The van der Waals surface area contributed by atoms with Gasteiger partial charge in [0.1, 0.15) is 5.82 Å². The van der Waals surface area contributed by atoms with Crippen LogP contribution in [0.2, 0.25) is 0 Å². The number of hydrogen-bond acceptors (Lipinski definition) is 2. The van der Waals surface area contributed by atoms with Crippen molar-refractivity contribution in [2.24, 2.45) is 5.92 Å². The van der Waals surface area contributed by atoms with E-state index in [2.05, 4.69) is 5.32 Å². The Morgan fingerprint density at radius 1 is 1.24 bits per heavy atom. The van der Waals surface area contributed by atoms with Crippen LogP contribution >= 0.6 is 0 Å². The first-order chi connectivity index (χ1) is 9.80. The van der Waals surface area contributed by atoms with Crippen LogP contribution < -0.4 is 11.1 Å². The van der Waals surface area contributed by atoms with Gasteiger partial charge in [-0.3, -0.25) is 4.79 Å². The molecule has 7 heteroatoms. The van der Waals surface area contributed by atoms with E-state index in [4.69, 9.17) is 5.73 Å². The minimum Gasteiger partial charge on any atom is -0.396 e. The van der Waals surface area contributed by atoms with E-state index in [0.29, 0.717) is 12.8 Å². The number of anilines is 1. The van der Waals surface area contributed by atoms with Crippen molar-refractivity contribution in [3.8, 4) is 0 Å². The van der Waals surface area contributed by atoms with Gasteiger partial charge in [-0.2, -0.15) is 13.2 Å². The van der Waals surface area contributed by atoms with E-state index in [-0.39, 0.29) is 24.1 Å². The van der Waals surface area contributed by atoms with Gasteiger partial charge in [0.15, 0.2) is 0 Å². The molecule has 1 aromatic carbocycles. The Kier molecular flexibility index (Phi) is 4.39. The number of benzene rings is 1. The number of carbonyl (C=O) groups is 1. The third-order valence-electron chi connectivity index (χ3n) is 3.80. The molecule has 2 rings (SSSR count). The number of halogens is 4. The van der Waals surface area contributed by atoms with E-state index in [1.54, 1.807) is 0 Å². The fourth-order valence-corrected chi connectivity index (χ4v) is 2.68. The lowest BCUT2D eigenvalue weighted by Gasteiger charge is -2.33. The molecule has 2 unspecified atom stereocenters. The molecule has 1 fully saturated rings. The minimum atomic E-state index is -4.36. The number of rotatable bonds is 2. The van der Waals surface area contributed by atoms with Gasteiger partial charge in [-0.05, 0) is 25.0 Å². The molecule has 3 nitrogen and oxygen atoms in total. The summed E-state index contributed by atoms with van der Waals surface area (Å²) in [5.74, 6) is -3.10. The average molecular weight is 304 g/mol. The molecule has 0 heterocycles. The second-order valence-corrected chi connectivity index (χ2v) is 5.21. The number of nitrogens with one attached hydrogen (secondary N) is 1. The zero-order valence-electron chi connectivity index (χ0n) is 11.2. The van der Waals surface area contributed by atoms with E-state index >= 15 is 0 Å². The fourth-order valence-electron chi connectivity index (χ4n) is 2.68. The van der Waals surface area contributed by atoms with Gasteiger partial charge in [0, 0.05) is 6.04 Å². The van der Waals surface area contributed by atoms with Crippen LogP contribution in [-0.2, 0) is 0 Å². The lowest BCUT2D eigenvalue weighted by molar-refractivity contribution is -0.187. The highest BCUT2D eigenvalue weighted by atomic mass is 19.4. The predicted molar refractivity (Wildman–Crippen MR) is 70.1 cm³/mol. The first kappa shape index (κ1) is 15.6. The number of hydrogen-bond donors (Lipinski definition) is 2. The predicted octanol–water partition coefficient (Wildman–Crippen LogP) is 3.26.